The van der Waals surface area contributed by atoms with Gasteiger partial charge in [0, 0.05) is 0 Å². The molecule has 0 radical (unpaired) electrons. The molecule has 3 heteroatoms. The Labute approximate surface area is 26.6 Å². The van der Waals surface area contributed by atoms with Crippen LogP contribution in [0.2, 0.25) is 0 Å². The Bertz CT molecular complexity index is 31.0. The van der Waals surface area contributed by atoms with E-state index in [1.807, 2.05) is 0 Å². The summed E-state index contributed by atoms with van der Waals surface area (Å²) in [5.41, 5.74) is 4.02. The number of hydrogen-bond donors (Lipinski definition) is 1. The van der Waals surface area contributed by atoms with E-state index in [2.05, 4.69) is 5.73 Å². The summed E-state index contributed by atoms with van der Waals surface area (Å²) in [5, 5.41) is 0. The highest BCUT2D eigenvalue weighted by atomic mass is 31.0. The normalized spacial score (nSPS) is 6.25. The summed E-state index contributed by atoms with van der Waals surface area (Å²) in [5.74, 6) is 0. The van der Waals surface area contributed by atoms with Crippen LogP contribution in [0.15, 0.2) is 0 Å². The van der Waals surface area contributed by atoms with Crippen LogP contribution in [0.3, 0.4) is 0 Å². The predicted molar refractivity (Wildman–Crippen MR) is 19.3 cm³/mol. The van der Waals surface area contributed by atoms with Gasteiger partial charge in [0.2, 0.25) is 5.65 Å². The molecule has 0 saturated heterocycles. The SMILES string of the molecule is NC(=O)P. The highest BCUT2D eigenvalue weighted by Gasteiger charge is 1.61. The molecule has 0 aliphatic rings. The summed E-state index contributed by atoms with van der Waals surface area (Å²) in [7, 11) is 1.80. The smallest absolute Gasteiger partial charge is 0.232 e. The first-order chi connectivity index (χ1) is 1.73. The average Bonchev–Trinajstić information content (AvgIpc) is 0.811. The molecule has 4 heavy (non-hydrogen) atoms. The van der Waals surface area contributed by atoms with Gasteiger partial charge in [-0.1, -0.05) is 0 Å². The van der Waals surface area contributed by atoms with Crippen molar-refractivity contribution in [3.05, 3.63) is 0 Å². The second-order valence-corrected chi connectivity index (χ2v) is 0.971. The van der Waals surface area contributed by atoms with Crippen LogP contribution in [0.25, 0.3) is 0 Å². The number of nitrogens with two attached hydrogens (primary N) is 1. The minimum atomic E-state index is -0.417. The van der Waals surface area contributed by atoms with Gasteiger partial charge >= 0.3 is 0 Å². The van der Waals surface area contributed by atoms with Crippen molar-refractivity contribution in [1.82, 2.24) is 0 Å². The summed E-state index contributed by atoms with van der Waals surface area (Å²) in [6.07, 6.45) is 0. The van der Waals surface area contributed by atoms with E-state index >= 15 is 0 Å². The van der Waals surface area contributed by atoms with Crippen molar-refractivity contribution in [3.63, 3.8) is 0 Å². The predicted octanol–water partition coefficient (Wildman–Crippen LogP) is -0.0598. The van der Waals surface area contributed by atoms with Gasteiger partial charge in [0.05, 0.1) is 0 Å². The van der Waals surface area contributed by atoms with Gasteiger partial charge in [0.15, 0.2) is 0 Å². The number of amides is 1. The first-order valence-electron chi connectivity index (χ1n) is 0.781. The monoisotopic (exact) mass is 77.0 g/mol. The quantitative estimate of drug-likeness (QED) is 0.404. The van der Waals surface area contributed by atoms with Gasteiger partial charge in [-0.15, -0.1) is 0 Å². The van der Waals surface area contributed by atoms with Crippen LogP contribution in [0.4, 0.5) is 4.79 Å². The molecule has 1 amide bonds. The molecular formula is CH4NOP. The molecule has 1 atom stereocenters. The lowest BCUT2D eigenvalue weighted by Crippen LogP contribution is -1.93. The number of carbonyl (C=O) groups excluding carboxylic acids is 1. The fourth-order valence-electron chi connectivity index (χ4n) is 0. The van der Waals surface area contributed by atoms with E-state index in [1.165, 1.54) is 0 Å². The molecule has 0 aromatic rings. The maximum absolute atomic E-state index is 9.19. The Kier molecular flexibility index (Phi) is 1.21. The van der Waals surface area contributed by atoms with Crippen LogP contribution in [0.1, 0.15) is 0 Å². The van der Waals surface area contributed by atoms with Crippen molar-refractivity contribution >= 4 is 14.9 Å². The molecular weight excluding hydrogens is 73.0 g/mol. The van der Waals surface area contributed by atoms with E-state index in [0.717, 1.165) is 0 Å². The summed E-state index contributed by atoms with van der Waals surface area (Å²) in [6, 6.07) is 0. The van der Waals surface area contributed by atoms with E-state index < -0.39 is 5.65 Å². The molecule has 1 unspecified atom stereocenters. The van der Waals surface area contributed by atoms with Crippen molar-refractivity contribution in [2.75, 3.05) is 0 Å². The van der Waals surface area contributed by atoms with Gasteiger partial charge in [0.1, 0.15) is 0 Å². The zero-order valence-corrected chi connectivity index (χ0v) is 3.22. The molecule has 0 fully saturated rings. The van der Waals surface area contributed by atoms with Crippen LogP contribution in [0.5, 0.6) is 0 Å². The van der Waals surface area contributed by atoms with E-state index in [1.54, 1.807) is 9.24 Å². The van der Waals surface area contributed by atoms with Gasteiger partial charge in [0.25, 0.3) is 0 Å². The van der Waals surface area contributed by atoms with Crippen LogP contribution >= 0.6 is 9.24 Å². The van der Waals surface area contributed by atoms with Crippen molar-refractivity contribution in [2.45, 2.75) is 0 Å². The topological polar surface area (TPSA) is 43.1 Å². The molecule has 0 saturated carbocycles. The number of carbonyl (C=O) groups is 1. The van der Waals surface area contributed by atoms with E-state index in [4.69, 9.17) is 0 Å². The van der Waals surface area contributed by atoms with Gasteiger partial charge in [-0.05, 0) is 9.24 Å². The van der Waals surface area contributed by atoms with Crippen molar-refractivity contribution in [2.24, 2.45) is 5.73 Å². The minimum Gasteiger partial charge on any atom is -0.367 e. The van der Waals surface area contributed by atoms with Gasteiger partial charge in [-0.3, -0.25) is 4.79 Å². The number of primary amides is 1. The van der Waals surface area contributed by atoms with Crippen LogP contribution in [-0.4, -0.2) is 5.65 Å². The maximum atomic E-state index is 9.19. The van der Waals surface area contributed by atoms with Gasteiger partial charge in [-0.25, -0.2) is 0 Å². The fourth-order valence-corrected chi connectivity index (χ4v) is 0. The lowest BCUT2D eigenvalue weighted by Gasteiger charge is -1.60. The molecule has 0 aromatic carbocycles. The Morgan fingerprint density at radius 2 is 2.00 bits per heavy atom. The van der Waals surface area contributed by atoms with Crippen LogP contribution in [0, 0.1) is 0 Å². The molecule has 24 valence electrons. The molecule has 0 spiro atoms. The van der Waals surface area contributed by atoms with Crippen LogP contribution < -0.4 is 5.73 Å². The maximum Gasteiger partial charge on any atom is 0.232 e. The van der Waals surface area contributed by atoms with Crippen molar-refractivity contribution in [3.8, 4) is 0 Å². The van der Waals surface area contributed by atoms with Crippen LogP contribution in [-0.2, 0) is 0 Å². The zero-order valence-electron chi connectivity index (χ0n) is 2.06. The van der Waals surface area contributed by atoms with E-state index in [-0.39, 0.29) is 0 Å². The second-order valence-electron chi connectivity index (χ2n) is 0.402. The molecule has 0 bridgehead atoms. The first kappa shape index (κ1) is 3.90. The average molecular weight is 77.0 g/mol. The summed E-state index contributed by atoms with van der Waals surface area (Å²) < 4.78 is 0. The molecule has 0 aromatic heterocycles. The molecule has 2 N–H and O–H groups in total. The number of rotatable bonds is 0. The van der Waals surface area contributed by atoms with E-state index in [0.29, 0.717) is 0 Å². The third kappa shape index (κ3) is 154. The summed E-state index contributed by atoms with van der Waals surface area (Å²) in [6.45, 7) is 0. The highest BCUT2D eigenvalue weighted by molar-refractivity contribution is 7.39. The standard InChI is InChI=1S/CH4NOP/c2-1(3)4/h4H2,(H2,2,3). The Hall–Kier alpha value is -0.100. The minimum absolute atomic E-state index is 0.417. The third-order valence-electron chi connectivity index (χ3n) is 0. The lowest BCUT2D eigenvalue weighted by atomic mass is 11.5. The van der Waals surface area contributed by atoms with Crippen molar-refractivity contribution in [1.29, 1.82) is 0 Å². The summed E-state index contributed by atoms with van der Waals surface area (Å²) in [4.78, 5) is 9.19. The van der Waals surface area contributed by atoms with Gasteiger partial charge in [-0.2, -0.15) is 0 Å². The molecule has 0 heterocycles. The Morgan fingerprint density at radius 3 is 2.00 bits per heavy atom. The van der Waals surface area contributed by atoms with Crippen molar-refractivity contribution < 1.29 is 4.79 Å². The Balaban J connectivity index is 2.80. The second kappa shape index (κ2) is 1.24. The summed E-state index contributed by atoms with van der Waals surface area (Å²) >= 11 is 0. The molecule has 0 aliphatic carbocycles. The largest absolute Gasteiger partial charge is 0.367 e. The number of hydrogen-bond acceptors (Lipinski definition) is 1. The molecule has 0 aliphatic heterocycles. The Morgan fingerprint density at radius 1 is 2.00 bits per heavy atom. The zero-order chi connectivity index (χ0) is 3.58. The third-order valence-corrected chi connectivity index (χ3v) is 0. The molecule has 2 nitrogen and oxygen atoms in total. The lowest BCUT2D eigenvalue weighted by molar-refractivity contribution is 0.267. The fraction of sp³-hybridized carbons (Fsp3) is 0. The van der Waals surface area contributed by atoms with Gasteiger partial charge < -0.3 is 5.73 Å². The highest BCUT2D eigenvalue weighted by Crippen LogP contribution is 1.70. The first-order valence-corrected chi connectivity index (χ1v) is 1.36. The van der Waals surface area contributed by atoms with E-state index in [9.17, 15) is 4.79 Å². The molecule has 0 rings (SSSR count).